The van der Waals surface area contributed by atoms with E-state index in [1.165, 1.54) is 23.5 Å². The van der Waals surface area contributed by atoms with Crippen LogP contribution in [0, 0.1) is 5.82 Å². The third-order valence-corrected chi connectivity index (χ3v) is 5.30. The molecule has 3 aromatic rings. The first-order chi connectivity index (χ1) is 13.7. The Labute approximate surface area is 166 Å². The van der Waals surface area contributed by atoms with Gasteiger partial charge in [-0.25, -0.2) is 9.18 Å². The Morgan fingerprint density at radius 2 is 1.86 bits per heavy atom. The minimum absolute atomic E-state index is 0.308. The van der Waals surface area contributed by atoms with Crippen LogP contribution in [0.1, 0.15) is 22.0 Å². The largest absolute Gasteiger partial charge is 0.486 e. The lowest BCUT2D eigenvalue weighted by Crippen LogP contribution is -2.37. The average Bonchev–Trinajstić information content (AvgIpc) is 3.26. The summed E-state index contributed by atoms with van der Waals surface area (Å²) in [7, 11) is 0. The Morgan fingerprint density at radius 3 is 2.61 bits per heavy atom. The SMILES string of the molecule is O=C(NCc1ccc2c(c1)OCCO2)N[C@H](c1ccc(F)cc1)c1cccs1. The number of rotatable bonds is 5. The van der Waals surface area contributed by atoms with Gasteiger partial charge in [0, 0.05) is 11.4 Å². The van der Waals surface area contributed by atoms with Gasteiger partial charge < -0.3 is 20.1 Å². The monoisotopic (exact) mass is 398 g/mol. The summed E-state index contributed by atoms with van der Waals surface area (Å²) >= 11 is 1.54. The van der Waals surface area contributed by atoms with Gasteiger partial charge in [-0.1, -0.05) is 24.3 Å². The fourth-order valence-electron chi connectivity index (χ4n) is 2.99. The molecule has 0 unspecified atom stereocenters. The topological polar surface area (TPSA) is 59.6 Å². The van der Waals surface area contributed by atoms with Gasteiger partial charge in [0.25, 0.3) is 0 Å². The molecule has 28 heavy (non-hydrogen) atoms. The molecule has 5 nitrogen and oxygen atoms in total. The van der Waals surface area contributed by atoms with E-state index in [0.717, 1.165) is 16.0 Å². The molecule has 7 heteroatoms. The fourth-order valence-corrected chi connectivity index (χ4v) is 3.79. The third kappa shape index (κ3) is 4.26. The smallest absolute Gasteiger partial charge is 0.315 e. The predicted molar refractivity (Wildman–Crippen MR) is 105 cm³/mol. The van der Waals surface area contributed by atoms with Gasteiger partial charge in [-0.05, 0) is 46.8 Å². The molecule has 2 amide bonds. The zero-order valence-corrected chi connectivity index (χ0v) is 15.8. The number of urea groups is 1. The number of hydrogen-bond donors (Lipinski definition) is 2. The van der Waals surface area contributed by atoms with Gasteiger partial charge >= 0.3 is 6.03 Å². The summed E-state index contributed by atoms with van der Waals surface area (Å²) in [6.45, 7) is 1.41. The third-order valence-electron chi connectivity index (χ3n) is 4.37. The number of nitrogens with one attached hydrogen (secondary N) is 2. The lowest BCUT2D eigenvalue weighted by Gasteiger charge is -2.20. The van der Waals surface area contributed by atoms with Gasteiger partial charge in [-0.15, -0.1) is 11.3 Å². The van der Waals surface area contributed by atoms with Crippen molar-refractivity contribution in [2.75, 3.05) is 13.2 Å². The lowest BCUT2D eigenvalue weighted by atomic mass is 10.1. The molecule has 0 aliphatic carbocycles. The van der Waals surface area contributed by atoms with Crippen LogP contribution in [0.25, 0.3) is 0 Å². The van der Waals surface area contributed by atoms with Crippen molar-refractivity contribution in [2.24, 2.45) is 0 Å². The van der Waals surface area contributed by atoms with Gasteiger partial charge in [-0.3, -0.25) is 0 Å². The van der Waals surface area contributed by atoms with Crippen LogP contribution in [0.4, 0.5) is 9.18 Å². The van der Waals surface area contributed by atoms with Crippen molar-refractivity contribution in [1.29, 1.82) is 0 Å². The highest BCUT2D eigenvalue weighted by atomic mass is 32.1. The summed E-state index contributed by atoms with van der Waals surface area (Å²) in [5.74, 6) is 1.10. The van der Waals surface area contributed by atoms with Crippen LogP contribution in [0.2, 0.25) is 0 Å². The van der Waals surface area contributed by atoms with Crippen LogP contribution in [0.15, 0.2) is 60.0 Å². The van der Waals surface area contributed by atoms with Crippen LogP contribution in [-0.4, -0.2) is 19.2 Å². The average molecular weight is 398 g/mol. The molecule has 144 valence electrons. The Hall–Kier alpha value is -3.06. The van der Waals surface area contributed by atoms with Crippen LogP contribution < -0.4 is 20.1 Å². The zero-order chi connectivity index (χ0) is 19.3. The minimum Gasteiger partial charge on any atom is -0.486 e. The van der Waals surface area contributed by atoms with Crippen molar-refractivity contribution in [3.63, 3.8) is 0 Å². The molecule has 4 rings (SSSR count). The summed E-state index contributed by atoms with van der Waals surface area (Å²) in [6.07, 6.45) is 0. The molecule has 2 N–H and O–H groups in total. The highest BCUT2D eigenvalue weighted by Gasteiger charge is 2.18. The van der Waals surface area contributed by atoms with E-state index >= 15 is 0 Å². The number of halogens is 1. The van der Waals surface area contributed by atoms with Gasteiger partial charge in [0.05, 0.1) is 6.04 Å². The number of benzene rings is 2. The predicted octanol–water partition coefficient (Wildman–Crippen LogP) is 4.25. The normalized spacial score (nSPS) is 13.6. The number of carbonyl (C=O) groups excluding carboxylic acids is 1. The lowest BCUT2D eigenvalue weighted by molar-refractivity contribution is 0.171. The molecule has 2 aromatic carbocycles. The summed E-state index contributed by atoms with van der Waals surface area (Å²) < 4.78 is 24.3. The van der Waals surface area contributed by atoms with E-state index in [9.17, 15) is 9.18 Å². The first kappa shape index (κ1) is 18.3. The molecule has 1 atom stereocenters. The van der Waals surface area contributed by atoms with E-state index in [4.69, 9.17) is 9.47 Å². The summed E-state index contributed by atoms with van der Waals surface area (Å²) in [5, 5.41) is 7.78. The Bertz CT molecular complexity index is 945. The molecule has 0 fully saturated rings. The van der Waals surface area contributed by atoms with E-state index in [1.54, 1.807) is 12.1 Å². The first-order valence-electron chi connectivity index (χ1n) is 8.91. The van der Waals surface area contributed by atoms with Crippen LogP contribution in [0.3, 0.4) is 0 Å². The number of amides is 2. The second-order valence-electron chi connectivity index (χ2n) is 6.31. The highest BCUT2D eigenvalue weighted by molar-refractivity contribution is 7.10. The summed E-state index contributed by atoms with van der Waals surface area (Å²) in [6, 6.07) is 15.0. The highest BCUT2D eigenvalue weighted by Crippen LogP contribution is 2.30. The van der Waals surface area contributed by atoms with Gasteiger partial charge in [0.2, 0.25) is 0 Å². The van der Waals surface area contributed by atoms with Crippen molar-refractivity contribution in [3.05, 3.63) is 81.8 Å². The molecule has 0 radical (unpaired) electrons. The molecule has 2 heterocycles. The second-order valence-corrected chi connectivity index (χ2v) is 7.28. The number of hydrogen-bond acceptors (Lipinski definition) is 4. The first-order valence-corrected chi connectivity index (χ1v) is 9.79. The van der Waals surface area contributed by atoms with Gasteiger partial charge in [0.15, 0.2) is 11.5 Å². The Kier molecular flexibility index (Phi) is 5.43. The second kappa shape index (κ2) is 8.31. The molecule has 1 aliphatic rings. The number of ether oxygens (including phenoxy) is 2. The van der Waals surface area contributed by atoms with Crippen molar-refractivity contribution in [1.82, 2.24) is 10.6 Å². The molecule has 0 saturated heterocycles. The van der Waals surface area contributed by atoms with Gasteiger partial charge in [-0.2, -0.15) is 0 Å². The van der Waals surface area contributed by atoms with Crippen molar-refractivity contribution < 1.29 is 18.7 Å². The van der Waals surface area contributed by atoms with Gasteiger partial charge in [0.1, 0.15) is 19.0 Å². The van der Waals surface area contributed by atoms with Crippen molar-refractivity contribution >= 4 is 17.4 Å². The number of fused-ring (bicyclic) bond motifs is 1. The molecular weight excluding hydrogens is 379 g/mol. The van der Waals surface area contributed by atoms with Crippen molar-refractivity contribution in [2.45, 2.75) is 12.6 Å². The Balaban J connectivity index is 1.42. The maximum atomic E-state index is 13.3. The molecule has 1 aliphatic heterocycles. The standard InChI is InChI=1S/C21H19FN2O3S/c22-16-6-4-15(5-7-16)20(19-2-1-11-28-19)24-21(25)23-13-14-3-8-17-18(12-14)27-10-9-26-17/h1-8,11-12,20H,9-10,13H2,(H2,23,24,25)/t20-/m1/s1. The number of carbonyl (C=O) groups is 1. The minimum atomic E-state index is -0.346. The van der Waals surface area contributed by atoms with E-state index in [-0.39, 0.29) is 17.9 Å². The zero-order valence-electron chi connectivity index (χ0n) is 15.0. The fraction of sp³-hybridized carbons (Fsp3) is 0.190. The van der Waals surface area contributed by atoms with Crippen molar-refractivity contribution in [3.8, 4) is 11.5 Å². The number of thiophene rings is 1. The van der Waals surface area contributed by atoms with Crippen LogP contribution in [-0.2, 0) is 6.54 Å². The van der Waals surface area contributed by atoms with E-state index in [2.05, 4.69) is 10.6 Å². The maximum Gasteiger partial charge on any atom is 0.315 e. The van der Waals surface area contributed by atoms with E-state index < -0.39 is 0 Å². The molecular formula is C21H19FN2O3S. The summed E-state index contributed by atoms with van der Waals surface area (Å²) in [5.41, 5.74) is 1.73. The molecule has 1 aromatic heterocycles. The molecule has 0 bridgehead atoms. The van der Waals surface area contributed by atoms with Crippen LogP contribution in [0.5, 0.6) is 11.5 Å². The quantitative estimate of drug-likeness (QED) is 0.676. The molecule has 0 spiro atoms. The van der Waals surface area contributed by atoms with E-state index in [1.807, 2.05) is 35.7 Å². The summed E-state index contributed by atoms with van der Waals surface area (Å²) in [4.78, 5) is 13.5. The maximum absolute atomic E-state index is 13.3. The Morgan fingerprint density at radius 1 is 1.07 bits per heavy atom. The van der Waals surface area contributed by atoms with Crippen LogP contribution >= 0.6 is 11.3 Å². The molecule has 0 saturated carbocycles. The van der Waals surface area contributed by atoms with E-state index in [0.29, 0.717) is 31.3 Å².